The SMILES string of the molecule is CCN1C[C@]2(C)CCC(O)C34C1[C@H](CC32)[C@@]1(O)C[C@H](OC)[C@H]2C[C@@H]4[C@@H]1[C@H]2O. The molecule has 6 rings (SSSR count). The molecule has 0 aromatic carbocycles. The molecule has 27 heavy (non-hydrogen) atoms. The Morgan fingerprint density at radius 3 is 2.67 bits per heavy atom. The van der Waals surface area contributed by atoms with Gasteiger partial charge >= 0.3 is 0 Å². The van der Waals surface area contributed by atoms with Crippen LogP contribution in [0, 0.1) is 40.4 Å². The van der Waals surface area contributed by atoms with Gasteiger partial charge in [-0.1, -0.05) is 13.8 Å². The maximum absolute atomic E-state index is 12.1. The second-order valence-electron chi connectivity index (χ2n) is 11.1. The van der Waals surface area contributed by atoms with Crippen LogP contribution in [-0.4, -0.2) is 70.4 Å². The third-order valence-corrected chi connectivity index (χ3v) is 10.7. The zero-order valence-electron chi connectivity index (χ0n) is 16.8. The van der Waals surface area contributed by atoms with Gasteiger partial charge in [-0.15, -0.1) is 0 Å². The number of piperidine rings is 1. The second kappa shape index (κ2) is 5.10. The molecule has 5 heteroatoms. The van der Waals surface area contributed by atoms with Gasteiger partial charge in [0.25, 0.3) is 0 Å². The standard InChI is InChI=1S/C22H35NO4/c1-4-23-10-20(2)6-5-16(24)22-12-7-11-14(27-3)9-21(26,17(12)18(11)25)13(19(22)23)8-15(20)22/h11-19,24-26H,4-10H2,1-3H3/t11-,12-,13+,14+,15?,16?,17-,18+,19?,20+,21+,22?/m1/s1. The summed E-state index contributed by atoms with van der Waals surface area (Å²) in [4.78, 5) is 2.60. The lowest BCUT2D eigenvalue weighted by molar-refractivity contribution is -0.266. The lowest BCUT2D eigenvalue weighted by Gasteiger charge is -2.68. The molecule has 6 aliphatic rings. The Balaban J connectivity index is 1.59. The number of likely N-dealkylation sites (tertiary alicyclic amines) is 1. The molecule has 12 atom stereocenters. The fraction of sp³-hybridized carbons (Fsp3) is 1.00. The van der Waals surface area contributed by atoms with Gasteiger partial charge in [-0.3, -0.25) is 4.90 Å². The van der Waals surface area contributed by atoms with Crippen molar-refractivity contribution in [1.29, 1.82) is 0 Å². The Bertz CT molecular complexity index is 673. The van der Waals surface area contributed by atoms with E-state index in [0.717, 1.165) is 38.8 Å². The number of hydrogen-bond acceptors (Lipinski definition) is 5. The number of rotatable bonds is 2. The number of nitrogens with zero attached hydrogens (tertiary/aromatic N) is 1. The molecule has 0 radical (unpaired) electrons. The van der Waals surface area contributed by atoms with E-state index in [0.29, 0.717) is 12.3 Å². The number of hydrogen-bond donors (Lipinski definition) is 3. The van der Waals surface area contributed by atoms with Gasteiger partial charge in [0, 0.05) is 49.3 Å². The first-order valence-electron chi connectivity index (χ1n) is 11.2. The number of ether oxygens (including phenoxy) is 1. The molecule has 0 amide bonds. The predicted octanol–water partition coefficient (Wildman–Crippen LogP) is 1.25. The summed E-state index contributed by atoms with van der Waals surface area (Å²) in [5, 5.41) is 34.9. The van der Waals surface area contributed by atoms with Crippen molar-refractivity contribution >= 4 is 0 Å². The average molecular weight is 378 g/mol. The van der Waals surface area contributed by atoms with Gasteiger partial charge in [-0.05, 0) is 49.5 Å². The molecule has 1 aliphatic heterocycles. The normalized spacial score (nSPS) is 66.2. The van der Waals surface area contributed by atoms with Crippen molar-refractivity contribution in [3.8, 4) is 0 Å². The number of methoxy groups -OCH3 is 1. The predicted molar refractivity (Wildman–Crippen MR) is 99.9 cm³/mol. The minimum Gasteiger partial charge on any atom is -0.392 e. The molecule has 5 aliphatic carbocycles. The fourth-order valence-corrected chi connectivity index (χ4v) is 10.1. The Morgan fingerprint density at radius 2 is 1.96 bits per heavy atom. The van der Waals surface area contributed by atoms with E-state index in [1.807, 2.05) is 0 Å². The average Bonchev–Trinajstić information content (AvgIpc) is 3.07. The zero-order chi connectivity index (χ0) is 18.9. The summed E-state index contributed by atoms with van der Waals surface area (Å²) in [5.41, 5.74) is -0.788. The van der Waals surface area contributed by atoms with E-state index in [9.17, 15) is 15.3 Å². The van der Waals surface area contributed by atoms with Crippen LogP contribution in [0.2, 0.25) is 0 Å². The largest absolute Gasteiger partial charge is 0.392 e. The molecule has 152 valence electrons. The third kappa shape index (κ3) is 1.66. The summed E-state index contributed by atoms with van der Waals surface area (Å²) in [6, 6.07) is 0.253. The van der Waals surface area contributed by atoms with Crippen molar-refractivity contribution < 1.29 is 20.1 Å². The smallest absolute Gasteiger partial charge is 0.0771 e. The van der Waals surface area contributed by atoms with Gasteiger partial charge in [0.05, 0.1) is 23.9 Å². The van der Waals surface area contributed by atoms with Crippen LogP contribution in [0.25, 0.3) is 0 Å². The highest BCUT2D eigenvalue weighted by atomic mass is 16.5. The topological polar surface area (TPSA) is 73.2 Å². The molecule has 6 fully saturated rings. The van der Waals surface area contributed by atoms with Crippen LogP contribution in [0.4, 0.5) is 0 Å². The Hall–Kier alpha value is -0.200. The molecular weight excluding hydrogens is 342 g/mol. The molecular formula is C22H35NO4. The molecule has 1 saturated heterocycles. The molecule has 5 nitrogen and oxygen atoms in total. The molecule has 4 unspecified atom stereocenters. The summed E-state index contributed by atoms with van der Waals surface area (Å²) < 4.78 is 5.79. The highest BCUT2D eigenvalue weighted by Crippen LogP contribution is 2.78. The summed E-state index contributed by atoms with van der Waals surface area (Å²) in [5.74, 6) is 0.840. The first-order chi connectivity index (χ1) is 12.8. The summed E-state index contributed by atoms with van der Waals surface area (Å²) in [6.07, 6.45) is 3.66. The van der Waals surface area contributed by atoms with E-state index in [2.05, 4.69) is 18.7 Å². The van der Waals surface area contributed by atoms with E-state index in [-0.39, 0.29) is 52.8 Å². The summed E-state index contributed by atoms with van der Waals surface area (Å²) in [6.45, 7) is 6.74. The lowest BCUT2D eigenvalue weighted by atomic mass is 9.43. The van der Waals surface area contributed by atoms with Crippen LogP contribution in [0.15, 0.2) is 0 Å². The Kier molecular flexibility index (Phi) is 3.33. The van der Waals surface area contributed by atoms with E-state index in [4.69, 9.17) is 4.74 Å². The van der Waals surface area contributed by atoms with Gasteiger partial charge in [0.15, 0.2) is 0 Å². The quantitative estimate of drug-likeness (QED) is 0.676. The Morgan fingerprint density at radius 1 is 1.19 bits per heavy atom. The van der Waals surface area contributed by atoms with Crippen LogP contribution in [0.1, 0.15) is 46.0 Å². The van der Waals surface area contributed by atoms with Crippen molar-refractivity contribution in [3.05, 3.63) is 0 Å². The molecule has 5 saturated carbocycles. The molecule has 3 N–H and O–H groups in total. The lowest BCUT2D eigenvalue weighted by Crippen LogP contribution is -2.75. The Labute approximate surface area is 162 Å². The summed E-state index contributed by atoms with van der Waals surface area (Å²) >= 11 is 0. The molecule has 1 spiro atoms. The number of aliphatic hydroxyl groups is 3. The maximum Gasteiger partial charge on any atom is 0.0771 e. The van der Waals surface area contributed by atoms with E-state index >= 15 is 0 Å². The number of fused-ring (bicyclic) bond motifs is 2. The van der Waals surface area contributed by atoms with Gasteiger partial charge in [0.2, 0.25) is 0 Å². The zero-order valence-corrected chi connectivity index (χ0v) is 16.8. The van der Waals surface area contributed by atoms with Crippen molar-refractivity contribution in [1.82, 2.24) is 4.90 Å². The van der Waals surface area contributed by atoms with E-state index < -0.39 is 11.7 Å². The van der Waals surface area contributed by atoms with Crippen LogP contribution in [0.3, 0.4) is 0 Å². The van der Waals surface area contributed by atoms with E-state index in [1.165, 1.54) is 0 Å². The monoisotopic (exact) mass is 377 g/mol. The van der Waals surface area contributed by atoms with Gasteiger partial charge < -0.3 is 20.1 Å². The molecule has 0 aromatic heterocycles. The van der Waals surface area contributed by atoms with Crippen LogP contribution in [-0.2, 0) is 4.74 Å². The van der Waals surface area contributed by atoms with Crippen LogP contribution >= 0.6 is 0 Å². The first-order valence-corrected chi connectivity index (χ1v) is 11.2. The third-order valence-electron chi connectivity index (χ3n) is 10.7. The van der Waals surface area contributed by atoms with Gasteiger partial charge in [-0.25, -0.2) is 0 Å². The molecule has 7 bridgehead atoms. The van der Waals surface area contributed by atoms with Crippen LogP contribution in [0.5, 0.6) is 0 Å². The van der Waals surface area contributed by atoms with Crippen molar-refractivity contribution in [3.63, 3.8) is 0 Å². The molecule has 1 heterocycles. The molecule has 0 aromatic rings. The second-order valence-corrected chi connectivity index (χ2v) is 11.1. The van der Waals surface area contributed by atoms with E-state index in [1.54, 1.807) is 7.11 Å². The summed E-state index contributed by atoms with van der Waals surface area (Å²) in [7, 11) is 1.73. The van der Waals surface area contributed by atoms with Crippen molar-refractivity contribution in [2.45, 2.75) is 75.9 Å². The van der Waals surface area contributed by atoms with Crippen molar-refractivity contribution in [2.75, 3.05) is 20.2 Å². The highest BCUT2D eigenvalue weighted by molar-refractivity contribution is 5.32. The van der Waals surface area contributed by atoms with Gasteiger partial charge in [0.1, 0.15) is 0 Å². The minimum absolute atomic E-state index is 0.0657. The fourth-order valence-electron chi connectivity index (χ4n) is 10.1. The van der Waals surface area contributed by atoms with Crippen LogP contribution < -0.4 is 0 Å². The minimum atomic E-state index is -0.858. The first kappa shape index (κ1) is 17.6. The van der Waals surface area contributed by atoms with Gasteiger partial charge in [-0.2, -0.15) is 0 Å². The number of aliphatic hydroxyl groups excluding tert-OH is 2. The highest BCUT2D eigenvalue weighted by Gasteiger charge is 2.82. The van der Waals surface area contributed by atoms with Crippen molar-refractivity contribution in [2.24, 2.45) is 40.4 Å². The maximum atomic E-state index is 12.1.